The van der Waals surface area contributed by atoms with Gasteiger partial charge in [0.25, 0.3) is 0 Å². The Labute approximate surface area is 103 Å². The normalized spacial score (nSPS) is 10.4. The summed E-state index contributed by atoms with van der Waals surface area (Å²) in [6, 6.07) is 6.26. The molecule has 18 heavy (non-hydrogen) atoms. The van der Waals surface area contributed by atoms with Crippen molar-refractivity contribution >= 4 is 23.8 Å². The average molecular weight is 248 g/mol. The number of carboxylic acid groups (broad SMARTS) is 2. The van der Waals surface area contributed by atoms with Crippen molar-refractivity contribution < 1.29 is 24.6 Å². The van der Waals surface area contributed by atoms with Crippen LogP contribution < -0.4 is 0 Å². The third-order valence-electron chi connectivity index (χ3n) is 2.23. The lowest BCUT2D eigenvalue weighted by Crippen LogP contribution is -2.01. The third-order valence-corrected chi connectivity index (χ3v) is 2.23. The van der Waals surface area contributed by atoms with Crippen molar-refractivity contribution in [1.82, 2.24) is 0 Å². The molecule has 0 bridgehead atoms. The van der Waals surface area contributed by atoms with Crippen molar-refractivity contribution in [2.75, 3.05) is 0 Å². The molecule has 0 spiro atoms. The summed E-state index contributed by atoms with van der Waals surface area (Å²) in [7, 11) is 0. The Bertz CT molecular complexity index is 502. The summed E-state index contributed by atoms with van der Waals surface area (Å²) in [4.78, 5) is 32.5. The zero-order valence-corrected chi connectivity index (χ0v) is 9.50. The van der Waals surface area contributed by atoms with Crippen LogP contribution in [0.15, 0.2) is 30.3 Å². The molecular weight excluding hydrogens is 236 g/mol. The van der Waals surface area contributed by atoms with Gasteiger partial charge in [-0.15, -0.1) is 0 Å². The van der Waals surface area contributed by atoms with Crippen LogP contribution in [0.5, 0.6) is 0 Å². The van der Waals surface area contributed by atoms with Crippen molar-refractivity contribution in [2.45, 2.75) is 12.8 Å². The van der Waals surface area contributed by atoms with Gasteiger partial charge in [-0.05, 0) is 17.7 Å². The number of carbonyl (C=O) groups is 3. The largest absolute Gasteiger partial charge is 0.481 e. The lowest BCUT2D eigenvalue weighted by atomic mass is 10.1. The van der Waals surface area contributed by atoms with Gasteiger partial charge < -0.3 is 10.2 Å². The van der Waals surface area contributed by atoms with Gasteiger partial charge in [-0.1, -0.05) is 24.3 Å². The first-order valence-electron chi connectivity index (χ1n) is 5.25. The molecule has 0 aliphatic rings. The van der Waals surface area contributed by atoms with Gasteiger partial charge in [0.15, 0.2) is 5.78 Å². The van der Waals surface area contributed by atoms with Crippen LogP contribution >= 0.6 is 0 Å². The minimum atomic E-state index is -1.08. The van der Waals surface area contributed by atoms with E-state index in [1.807, 2.05) is 0 Å². The van der Waals surface area contributed by atoms with Crippen LogP contribution in [0.2, 0.25) is 0 Å². The molecule has 1 rings (SSSR count). The smallest absolute Gasteiger partial charge is 0.336 e. The van der Waals surface area contributed by atoms with Crippen LogP contribution in [0.1, 0.15) is 28.8 Å². The number of ketones is 1. The summed E-state index contributed by atoms with van der Waals surface area (Å²) < 4.78 is 0. The highest BCUT2D eigenvalue weighted by Gasteiger charge is 2.07. The second-order valence-corrected chi connectivity index (χ2v) is 3.59. The van der Waals surface area contributed by atoms with E-state index in [2.05, 4.69) is 0 Å². The van der Waals surface area contributed by atoms with E-state index >= 15 is 0 Å². The molecular formula is C13H12O5. The van der Waals surface area contributed by atoms with E-state index in [1.54, 1.807) is 18.2 Å². The fraction of sp³-hybridized carbons (Fsp3) is 0.154. The molecule has 0 heterocycles. The number of benzene rings is 1. The van der Waals surface area contributed by atoms with Crippen LogP contribution in [0, 0.1) is 0 Å². The summed E-state index contributed by atoms with van der Waals surface area (Å²) in [5.74, 6) is -2.46. The maximum atomic E-state index is 11.3. The molecule has 1 aromatic rings. The molecule has 1 aromatic carbocycles. The maximum absolute atomic E-state index is 11.3. The van der Waals surface area contributed by atoms with Crippen LogP contribution in [-0.4, -0.2) is 27.9 Å². The molecule has 0 aliphatic heterocycles. The van der Waals surface area contributed by atoms with E-state index in [4.69, 9.17) is 10.2 Å². The lowest BCUT2D eigenvalue weighted by molar-refractivity contribution is -0.138. The average Bonchev–Trinajstić information content (AvgIpc) is 2.34. The molecule has 5 heteroatoms. The number of hydrogen-bond donors (Lipinski definition) is 2. The number of carboxylic acids is 2. The summed E-state index contributed by atoms with van der Waals surface area (Å²) in [5, 5.41) is 17.3. The molecule has 0 saturated heterocycles. The minimum Gasteiger partial charge on any atom is -0.481 e. The Morgan fingerprint density at radius 1 is 1.06 bits per heavy atom. The first-order valence-corrected chi connectivity index (χ1v) is 5.25. The Morgan fingerprint density at radius 3 is 2.33 bits per heavy atom. The van der Waals surface area contributed by atoms with Crippen molar-refractivity contribution in [1.29, 1.82) is 0 Å². The second kappa shape index (κ2) is 6.34. The maximum Gasteiger partial charge on any atom is 0.336 e. The van der Waals surface area contributed by atoms with Crippen LogP contribution in [-0.2, 0) is 9.59 Å². The Morgan fingerprint density at radius 2 is 1.72 bits per heavy atom. The fourth-order valence-corrected chi connectivity index (χ4v) is 1.33. The van der Waals surface area contributed by atoms with Crippen molar-refractivity contribution in [3.63, 3.8) is 0 Å². The zero-order chi connectivity index (χ0) is 13.5. The summed E-state index contributed by atoms with van der Waals surface area (Å²) in [6.45, 7) is 0. The predicted molar refractivity (Wildman–Crippen MR) is 64.3 cm³/mol. The molecule has 0 fully saturated rings. The van der Waals surface area contributed by atoms with Crippen LogP contribution in [0.4, 0.5) is 0 Å². The van der Waals surface area contributed by atoms with E-state index in [-0.39, 0.29) is 24.2 Å². The van der Waals surface area contributed by atoms with E-state index < -0.39 is 11.9 Å². The minimum absolute atomic E-state index is 0.0962. The Hall–Kier alpha value is -2.43. The monoisotopic (exact) mass is 248 g/mol. The quantitative estimate of drug-likeness (QED) is 0.749. The van der Waals surface area contributed by atoms with Crippen LogP contribution in [0.25, 0.3) is 6.08 Å². The summed E-state index contributed by atoms with van der Waals surface area (Å²) in [6.07, 6.45) is 2.25. The molecule has 0 unspecified atom stereocenters. The van der Waals surface area contributed by atoms with E-state index in [9.17, 15) is 14.4 Å². The molecule has 0 radical (unpaired) electrons. The highest BCUT2D eigenvalue weighted by molar-refractivity contribution is 5.98. The predicted octanol–water partition coefficient (Wildman–Crippen LogP) is 1.83. The van der Waals surface area contributed by atoms with Gasteiger partial charge >= 0.3 is 11.9 Å². The number of aliphatic carboxylic acids is 1. The van der Waals surface area contributed by atoms with Gasteiger partial charge in [-0.3, -0.25) is 9.59 Å². The first kappa shape index (κ1) is 13.6. The Balaban J connectivity index is 2.75. The van der Waals surface area contributed by atoms with E-state index in [0.717, 1.165) is 0 Å². The van der Waals surface area contributed by atoms with Gasteiger partial charge in [0, 0.05) is 6.42 Å². The molecule has 0 atom stereocenters. The van der Waals surface area contributed by atoms with Gasteiger partial charge in [-0.25, -0.2) is 4.79 Å². The SMILES string of the molecule is O=C(O)CCC(=O)C=Cc1ccccc1C(=O)O. The van der Waals surface area contributed by atoms with Gasteiger partial charge in [0.05, 0.1) is 12.0 Å². The molecule has 0 aliphatic carbocycles. The van der Waals surface area contributed by atoms with Crippen molar-refractivity contribution in [3.8, 4) is 0 Å². The van der Waals surface area contributed by atoms with E-state index in [1.165, 1.54) is 18.2 Å². The molecule has 0 amide bonds. The zero-order valence-electron chi connectivity index (χ0n) is 9.50. The summed E-state index contributed by atoms with van der Waals surface area (Å²) in [5.41, 5.74) is 0.508. The number of rotatable bonds is 6. The molecule has 5 nitrogen and oxygen atoms in total. The number of hydrogen-bond acceptors (Lipinski definition) is 3. The highest BCUT2D eigenvalue weighted by atomic mass is 16.4. The van der Waals surface area contributed by atoms with Crippen LogP contribution in [0.3, 0.4) is 0 Å². The topological polar surface area (TPSA) is 91.7 Å². The number of aromatic carboxylic acids is 1. The molecule has 0 aromatic heterocycles. The molecule has 0 saturated carbocycles. The van der Waals surface area contributed by atoms with Crippen molar-refractivity contribution in [2.24, 2.45) is 0 Å². The van der Waals surface area contributed by atoms with Gasteiger partial charge in [-0.2, -0.15) is 0 Å². The van der Waals surface area contributed by atoms with E-state index in [0.29, 0.717) is 5.56 Å². The lowest BCUT2D eigenvalue weighted by Gasteiger charge is -1.99. The van der Waals surface area contributed by atoms with Gasteiger partial charge in [0.2, 0.25) is 0 Å². The fourth-order valence-electron chi connectivity index (χ4n) is 1.33. The van der Waals surface area contributed by atoms with Gasteiger partial charge in [0.1, 0.15) is 0 Å². The number of allylic oxidation sites excluding steroid dienone is 1. The highest BCUT2D eigenvalue weighted by Crippen LogP contribution is 2.11. The first-order chi connectivity index (χ1) is 8.50. The summed E-state index contributed by atoms with van der Waals surface area (Å²) >= 11 is 0. The third kappa shape index (κ3) is 4.21. The van der Waals surface area contributed by atoms with Crippen molar-refractivity contribution in [3.05, 3.63) is 41.5 Å². The molecule has 2 N–H and O–H groups in total. The molecule has 94 valence electrons. The standard InChI is InChI=1S/C13H12O5/c14-10(7-8-12(15)16)6-5-9-3-1-2-4-11(9)13(17)18/h1-6H,7-8H2,(H,15,16)(H,17,18). The number of carbonyl (C=O) groups excluding carboxylic acids is 1. The Kier molecular flexibility index (Phi) is 4.80. The second-order valence-electron chi connectivity index (χ2n) is 3.59.